The predicted octanol–water partition coefficient (Wildman–Crippen LogP) is 1.16. The molecule has 3 N–H and O–H groups in total. The molecule has 1 aliphatic rings. The molecule has 2 rings (SSSR count). The van der Waals surface area contributed by atoms with Crippen LogP contribution in [0.5, 0.6) is 0 Å². The first kappa shape index (κ1) is 22.9. The lowest BCUT2D eigenvalue weighted by atomic mass is 10.0. The molecule has 1 aromatic carbocycles. The highest BCUT2D eigenvalue weighted by Crippen LogP contribution is 2.23. The van der Waals surface area contributed by atoms with E-state index in [2.05, 4.69) is 5.32 Å². The molecule has 0 aliphatic carbocycles. The molecule has 1 aromatic rings. The first-order valence-electron chi connectivity index (χ1n) is 8.98. The summed E-state index contributed by atoms with van der Waals surface area (Å²) in [6.45, 7) is 4.17. The normalized spacial score (nSPS) is 17.9. The molecular formula is C19H29ClN4O3. The van der Waals surface area contributed by atoms with Gasteiger partial charge in [0.15, 0.2) is 0 Å². The molecule has 2 atom stereocenters. The molecule has 0 saturated carbocycles. The van der Waals surface area contributed by atoms with Crippen molar-refractivity contribution in [1.29, 1.82) is 0 Å². The number of rotatable bonds is 6. The Morgan fingerprint density at radius 1 is 1.30 bits per heavy atom. The second kappa shape index (κ2) is 10.3. The van der Waals surface area contributed by atoms with Crippen molar-refractivity contribution in [2.24, 2.45) is 11.7 Å². The Morgan fingerprint density at radius 3 is 2.52 bits per heavy atom. The number of para-hydroxylation sites is 1. The smallest absolute Gasteiger partial charge is 0.249 e. The zero-order chi connectivity index (χ0) is 19.3. The van der Waals surface area contributed by atoms with Gasteiger partial charge >= 0.3 is 0 Å². The summed E-state index contributed by atoms with van der Waals surface area (Å²) < 4.78 is 0. The van der Waals surface area contributed by atoms with E-state index in [-0.39, 0.29) is 42.6 Å². The Balaban J connectivity index is 0.00000364. The summed E-state index contributed by atoms with van der Waals surface area (Å²) in [5, 5.41) is 2.56. The molecule has 0 bridgehead atoms. The maximum absolute atomic E-state index is 12.8. The van der Waals surface area contributed by atoms with Crippen molar-refractivity contribution < 1.29 is 14.4 Å². The van der Waals surface area contributed by atoms with E-state index in [0.717, 1.165) is 12.1 Å². The summed E-state index contributed by atoms with van der Waals surface area (Å²) >= 11 is 0. The monoisotopic (exact) mass is 396 g/mol. The van der Waals surface area contributed by atoms with Crippen LogP contribution in [0.3, 0.4) is 0 Å². The minimum Gasteiger partial charge on any atom is -0.346 e. The van der Waals surface area contributed by atoms with Crippen LogP contribution in [0.1, 0.15) is 26.7 Å². The molecule has 1 saturated heterocycles. The van der Waals surface area contributed by atoms with Gasteiger partial charge in [0.1, 0.15) is 6.04 Å². The molecule has 1 unspecified atom stereocenters. The molecule has 7 nitrogen and oxygen atoms in total. The summed E-state index contributed by atoms with van der Waals surface area (Å²) in [5.41, 5.74) is 6.60. The molecule has 3 amide bonds. The van der Waals surface area contributed by atoms with Gasteiger partial charge in [0.2, 0.25) is 17.7 Å². The van der Waals surface area contributed by atoms with Gasteiger partial charge in [0.05, 0.1) is 12.6 Å². The third-order valence-electron chi connectivity index (χ3n) is 4.77. The fourth-order valence-electron chi connectivity index (χ4n) is 2.96. The van der Waals surface area contributed by atoms with E-state index >= 15 is 0 Å². The minimum absolute atomic E-state index is 0. The third kappa shape index (κ3) is 5.68. The lowest BCUT2D eigenvalue weighted by Crippen LogP contribution is -2.55. The number of hydrogen-bond donors (Lipinski definition) is 2. The average Bonchev–Trinajstić information content (AvgIpc) is 2.65. The highest BCUT2D eigenvalue weighted by atomic mass is 35.5. The van der Waals surface area contributed by atoms with E-state index in [9.17, 15) is 14.4 Å². The van der Waals surface area contributed by atoms with Crippen LogP contribution in [0, 0.1) is 5.92 Å². The number of likely N-dealkylation sites (N-methyl/N-ethyl adjacent to an activating group) is 1. The largest absolute Gasteiger partial charge is 0.346 e. The molecule has 1 aliphatic heterocycles. The Labute approximate surface area is 166 Å². The van der Waals surface area contributed by atoms with Crippen LogP contribution in [-0.4, -0.2) is 54.8 Å². The number of nitrogens with zero attached hydrogens (tertiary/aromatic N) is 2. The summed E-state index contributed by atoms with van der Waals surface area (Å²) in [7, 11) is 1.61. The Bertz CT molecular complexity index is 654. The lowest BCUT2D eigenvalue weighted by molar-refractivity contribution is -0.139. The standard InChI is InChI=1S/C19H28N4O3.ClH/c1-13(2)17(20)18(25)21-12-16(24)22(3)15-10-7-11-23(19(15)26)14-8-5-4-6-9-14;/h4-6,8-9,13,15,17H,7,10-12,20H2,1-3H3,(H,21,25);1H/t15?,17-;/m0./s1. The third-order valence-corrected chi connectivity index (χ3v) is 4.77. The minimum atomic E-state index is -0.655. The first-order valence-corrected chi connectivity index (χ1v) is 8.98. The van der Waals surface area contributed by atoms with E-state index in [0.29, 0.717) is 13.0 Å². The maximum atomic E-state index is 12.8. The van der Waals surface area contributed by atoms with Crippen molar-refractivity contribution >= 4 is 35.8 Å². The van der Waals surface area contributed by atoms with Crippen LogP contribution < -0.4 is 16.0 Å². The topological polar surface area (TPSA) is 95.7 Å². The van der Waals surface area contributed by atoms with Gasteiger partial charge in [0, 0.05) is 19.3 Å². The van der Waals surface area contributed by atoms with Gasteiger partial charge in [-0.1, -0.05) is 32.0 Å². The second-order valence-corrected chi connectivity index (χ2v) is 6.98. The van der Waals surface area contributed by atoms with Crippen molar-refractivity contribution in [2.45, 2.75) is 38.8 Å². The van der Waals surface area contributed by atoms with E-state index in [1.165, 1.54) is 4.90 Å². The van der Waals surface area contributed by atoms with Crippen LogP contribution in [-0.2, 0) is 14.4 Å². The average molecular weight is 397 g/mol. The first-order chi connectivity index (χ1) is 12.3. The summed E-state index contributed by atoms with van der Waals surface area (Å²) in [4.78, 5) is 40.3. The molecule has 150 valence electrons. The Kier molecular flexibility index (Phi) is 8.72. The number of nitrogens with two attached hydrogens (primary N) is 1. The van der Waals surface area contributed by atoms with E-state index in [4.69, 9.17) is 5.73 Å². The SMILES string of the molecule is CC(C)[C@H](N)C(=O)NCC(=O)N(C)C1CCCN(c2ccccc2)C1=O.Cl. The number of carbonyl (C=O) groups excluding carboxylic acids is 3. The highest BCUT2D eigenvalue weighted by Gasteiger charge is 2.34. The number of benzene rings is 1. The van der Waals surface area contributed by atoms with Gasteiger partial charge < -0.3 is 20.9 Å². The zero-order valence-electron chi connectivity index (χ0n) is 16.1. The zero-order valence-corrected chi connectivity index (χ0v) is 16.9. The van der Waals surface area contributed by atoms with Crippen molar-refractivity contribution in [3.63, 3.8) is 0 Å². The van der Waals surface area contributed by atoms with Crippen molar-refractivity contribution in [3.05, 3.63) is 30.3 Å². The number of hydrogen-bond acceptors (Lipinski definition) is 4. The number of amides is 3. The van der Waals surface area contributed by atoms with E-state index < -0.39 is 12.1 Å². The van der Waals surface area contributed by atoms with E-state index in [1.807, 2.05) is 44.2 Å². The molecule has 27 heavy (non-hydrogen) atoms. The Morgan fingerprint density at radius 2 is 1.93 bits per heavy atom. The molecule has 1 heterocycles. The van der Waals surface area contributed by atoms with E-state index in [1.54, 1.807) is 11.9 Å². The molecule has 0 aromatic heterocycles. The number of carbonyl (C=O) groups is 3. The molecule has 1 fully saturated rings. The van der Waals surface area contributed by atoms with Gasteiger partial charge in [-0.2, -0.15) is 0 Å². The number of nitrogens with one attached hydrogen (secondary N) is 1. The summed E-state index contributed by atoms with van der Waals surface area (Å²) in [6, 6.07) is 8.26. The molecule has 0 spiro atoms. The molecule has 8 heteroatoms. The van der Waals surface area contributed by atoms with Crippen molar-refractivity contribution in [2.75, 3.05) is 25.0 Å². The van der Waals surface area contributed by atoms with Gasteiger partial charge in [-0.25, -0.2) is 0 Å². The Hall–Kier alpha value is -2.12. The number of piperidine rings is 1. The number of halogens is 1. The van der Waals surface area contributed by atoms with Gasteiger partial charge in [-0.05, 0) is 30.9 Å². The van der Waals surface area contributed by atoms with Crippen molar-refractivity contribution in [1.82, 2.24) is 10.2 Å². The van der Waals surface area contributed by atoms with Crippen LogP contribution in [0.25, 0.3) is 0 Å². The maximum Gasteiger partial charge on any atom is 0.249 e. The second-order valence-electron chi connectivity index (χ2n) is 6.98. The number of anilines is 1. The van der Waals surface area contributed by atoms with Crippen LogP contribution in [0.15, 0.2) is 30.3 Å². The van der Waals surface area contributed by atoms with Crippen LogP contribution >= 0.6 is 12.4 Å². The quantitative estimate of drug-likeness (QED) is 0.754. The highest BCUT2D eigenvalue weighted by molar-refractivity contribution is 6.00. The van der Waals surface area contributed by atoms with Gasteiger partial charge in [-0.15, -0.1) is 12.4 Å². The van der Waals surface area contributed by atoms with Crippen LogP contribution in [0.2, 0.25) is 0 Å². The summed E-state index contributed by atoms with van der Waals surface area (Å²) in [5.74, 6) is -0.768. The van der Waals surface area contributed by atoms with Crippen molar-refractivity contribution in [3.8, 4) is 0 Å². The lowest BCUT2D eigenvalue weighted by Gasteiger charge is -2.37. The van der Waals surface area contributed by atoms with Gasteiger partial charge in [0.25, 0.3) is 0 Å². The van der Waals surface area contributed by atoms with Gasteiger partial charge in [-0.3, -0.25) is 14.4 Å². The van der Waals surface area contributed by atoms with Crippen LogP contribution in [0.4, 0.5) is 5.69 Å². The fourth-order valence-corrected chi connectivity index (χ4v) is 2.96. The fraction of sp³-hybridized carbons (Fsp3) is 0.526. The predicted molar refractivity (Wildman–Crippen MR) is 108 cm³/mol. The summed E-state index contributed by atoms with van der Waals surface area (Å²) in [6.07, 6.45) is 1.43. The molecular weight excluding hydrogens is 368 g/mol. The molecule has 0 radical (unpaired) electrons.